The minimum atomic E-state index is -0.592. The number of carbonyl (C=O) groups excluding carboxylic acids is 2. The maximum absolute atomic E-state index is 12.7. The van der Waals surface area contributed by atoms with Crippen molar-refractivity contribution in [1.29, 1.82) is 0 Å². The van der Waals surface area contributed by atoms with Crippen LogP contribution in [0.4, 0.5) is 0 Å². The molecule has 6 heteroatoms. The van der Waals surface area contributed by atoms with Crippen LogP contribution in [0.1, 0.15) is 37.7 Å². The molecule has 0 radical (unpaired) electrons. The smallest absolute Gasteiger partial charge is 0.342 e. The minimum absolute atomic E-state index is 0.243. The SMILES string of the molecule is COCCn1c(C)cc(C(=O)COC(=O)c2ccccc2OCc2ccccc2)c1C. The minimum Gasteiger partial charge on any atom is -0.488 e. The van der Waals surface area contributed by atoms with Crippen molar-refractivity contribution in [1.82, 2.24) is 4.57 Å². The number of aryl methyl sites for hydroxylation is 1. The number of hydrogen-bond donors (Lipinski definition) is 0. The predicted molar refractivity (Wildman–Crippen MR) is 118 cm³/mol. The van der Waals surface area contributed by atoms with Gasteiger partial charge in [-0.3, -0.25) is 4.79 Å². The molecule has 162 valence electrons. The lowest BCUT2D eigenvalue weighted by atomic mass is 10.1. The Bertz CT molecular complexity index is 1040. The van der Waals surface area contributed by atoms with Gasteiger partial charge in [0.15, 0.2) is 6.61 Å². The molecule has 0 unspecified atom stereocenters. The molecule has 0 atom stereocenters. The van der Waals surface area contributed by atoms with E-state index in [-0.39, 0.29) is 18.0 Å². The molecule has 0 bridgehead atoms. The highest BCUT2D eigenvalue weighted by molar-refractivity contribution is 6.01. The largest absolute Gasteiger partial charge is 0.488 e. The van der Waals surface area contributed by atoms with Crippen molar-refractivity contribution >= 4 is 11.8 Å². The first-order valence-corrected chi connectivity index (χ1v) is 10.1. The van der Waals surface area contributed by atoms with E-state index in [1.807, 2.05) is 54.8 Å². The summed E-state index contributed by atoms with van der Waals surface area (Å²) in [6.07, 6.45) is 0. The molecule has 2 aromatic carbocycles. The highest BCUT2D eigenvalue weighted by atomic mass is 16.5. The first-order chi connectivity index (χ1) is 15.0. The fourth-order valence-electron chi connectivity index (χ4n) is 3.39. The van der Waals surface area contributed by atoms with E-state index in [1.165, 1.54) is 0 Å². The van der Waals surface area contributed by atoms with E-state index < -0.39 is 5.97 Å². The number of ketones is 1. The average molecular weight is 421 g/mol. The lowest BCUT2D eigenvalue weighted by Gasteiger charge is -2.11. The fraction of sp³-hybridized carbons (Fsp3) is 0.280. The van der Waals surface area contributed by atoms with Crippen LogP contribution in [-0.2, 0) is 22.6 Å². The summed E-state index contributed by atoms with van der Waals surface area (Å²) in [6.45, 7) is 5.03. The van der Waals surface area contributed by atoms with Crippen molar-refractivity contribution in [3.8, 4) is 5.75 Å². The second kappa shape index (κ2) is 10.6. The third-order valence-corrected chi connectivity index (χ3v) is 5.07. The number of para-hydroxylation sites is 1. The molecule has 0 N–H and O–H groups in total. The summed E-state index contributed by atoms with van der Waals surface area (Å²) < 4.78 is 18.3. The topological polar surface area (TPSA) is 66.8 Å². The van der Waals surface area contributed by atoms with Gasteiger partial charge in [0.25, 0.3) is 0 Å². The van der Waals surface area contributed by atoms with Gasteiger partial charge in [-0.15, -0.1) is 0 Å². The maximum atomic E-state index is 12.7. The highest BCUT2D eigenvalue weighted by Gasteiger charge is 2.19. The van der Waals surface area contributed by atoms with E-state index in [4.69, 9.17) is 14.2 Å². The molecule has 6 nitrogen and oxygen atoms in total. The standard InChI is InChI=1S/C25H27NO5/c1-18-15-22(19(2)26(18)13-14-29-3)23(27)17-31-25(28)21-11-7-8-12-24(21)30-16-20-9-5-4-6-10-20/h4-12,15H,13-14,16-17H2,1-3H3. The van der Waals surface area contributed by atoms with Crippen molar-refractivity contribution in [2.45, 2.75) is 27.0 Å². The molecule has 0 amide bonds. The van der Waals surface area contributed by atoms with E-state index in [0.29, 0.717) is 31.1 Å². The van der Waals surface area contributed by atoms with Gasteiger partial charge in [-0.2, -0.15) is 0 Å². The molecule has 1 aromatic heterocycles. The Kier molecular flexibility index (Phi) is 7.62. The van der Waals surface area contributed by atoms with Gasteiger partial charge < -0.3 is 18.8 Å². The monoisotopic (exact) mass is 421 g/mol. The molecule has 0 fully saturated rings. The zero-order chi connectivity index (χ0) is 22.2. The van der Waals surface area contributed by atoms with E-state index in [9.17, 15) is 9.59 Å². The Morgan fingerprint density at radius 1 is 0.935 bits per heavy atom. The van der Waals surface area contributed by atoms with E-state index in [2.05, 4.69) is 0 Å². The maximum Gasteiger partial charge on any atom is 0.342 e. The summed E-state index contributed by atoms with van der Waals surface area (Å²) in [4.78, 5) is 25.3. The van der Waals surface area contributed by atoms with Crippen LogP contribution >= 0.6 is 0 Å². The second-order valence-electron chi connectivity index (χ2n) is 7.20. The van der Waals surface area contributed by atoms with E-state index >= 15 is 0 Å². The van der Waals surface area contributed by atoms with Crippen LogP contribution < -0.4 is 4.74 Å². The highest BCUT2D eigenvalue weighted by Crippen LogP contribution is 2.21. The number of methoxy groups -OCH3 is 1. The molecule has 3 rings (SSSR count). The summed E-state index contributed by atoms with van der Waals surface area (Å²) >= 11 is 0. The third-order valence-electron chi connectivity index (χ3n) is 5.07. The third kappa shape index (κ3) is 5.61. The Hall–Kier alpha value is -3.38. The molecule has 0 saturated heterocycles. The van der Waals surface area contributed by atoms with Crippen LogP contribution in [0.5, 0.6) is 5.75 Å². The summed E-state index contributed by atoms with van der Waals surface area (Å²) in [5.41, 5.74) is 3.63. The number of carbonyl (C=O) groups is 2. The molecule has 0 spiro atoms. The molecular formula is C25H27NO5. The molecule has 0 aliphatic heterocycles. The lowest BCUT2D eigenvalue weighted by molar-refractivity contribution is 0.0470. The molecule has 0 saturated carbocycles. The summed E-state index contributed by atoms with van der Waals surface area (Å²) in [6, 6.07) is 18.4. The number of nitrogens with zero attached hydrogens (tertiary/aromatic N) is 1. The predicted octanol–water partition coefficient (Wildman–Crippen LogP) is 4.37. The Labute approximate surface area is 182 Å². The van der Waals surface area contributed by atoms with Gasteiger partial charge in [-0.25, -0.2) is 4.79 Å². The zero-order valence-electron chi connectivity index (χ0n) is 18.1. The van der Waals surface area contributed by atoms with Gasteiger partial charge in [-0.05, 0) is 37.6 Å². The van der Waals surface area contributed by atoms with Gasteiger partial charge in [0.2, 0.25) is 5.78 Å². The fourth-order valence-corrected chi connectivity index (χ4v) is 3.39. The summed E-state index contributed by atoms with van der Waals surface area (Å²) in [5, 5.41) is 0. The average Bonchev–Trinajstić information content (AvgIpc) is 3.08. The molecule has 1 heterocycles. The molecule has 3 aromatic rings. The number of benzene rings is 2. The van der Waals surface area contributed by atoms with Crippen molar-refractivity contribution in [2.75, 3.05) is 20.3 Å². The normalized spacial score (nSPS) is 10.7. The summed E-state index contributed by atoms with van der Waals surface area (Å²) in [5.74, 6) is -0.417. The van der Waals surface area contributed by atoms with Crippen LogP contribution in [0, 0.1) is 13.8 Å². The van der Waals surface area contributed by atoms with Crippen LogP contribution in [0.3, 0.4) is 0 Å². The van der Waals surface area contributed by atoms with Crippen molar-refractivity contribution in [3.05, 3.63) is 88.7 Å². The van der Waals surface area contributed by atoms with Gasteiger partial charge in [0, 0.05) is 30.6 Å². The number of rotatable bonds is 10. The van der Waals surface area contributed by atoms with Crippen LogP contribution in [0.15, 0.2) is 60.7 Å². The van der Waals surface area contributed by atoms with E-state index in [1.54, 1.807) is 31.4 Å². The first-order valence-electron chi connectivity index (χ1n) is 10.1. The second-order valence-corrected chi connectivity index (χ2v) is 7.20. The number of hydrogen-bond acceptors (Lipinski definition) is 5. The molecular weight excluding hydrogens is 394 g/mol. The van der Waals surface area contributed by atoms with Crippen molar-refractivity contribution in [3.63, 3.8) is 0 Å². The molecule has 31 heavy (non-hydrogen) atoms. The Balaban J connectivity index is 1.64. The number of Topliss-reactive ketones (excluding diaryl/α,β-unsaturated/α-hetero) is 1. The Morgan fingerprint density at radius 2 is 1.65 bits per heavy atom. The van der Waals surface area contributed by atoms with Crippen LogP contribution in [0.25, 0.3) is 0 Å². The van der Waals surface area contributed by atoms with Gasteiger partial charge in [-0.1, -0.05) is 42.5 Å². The molecule has 0 aliphatic rings. The molecule has 0 aliphatic carbocycles. The Morgan fingerprint density at radius 3 is 2.39 bits per heavy atom. The van der Waals surface area contributed by atoms with Crippen molar-refractivity contribution in [2.24, 2.45) is 0 Å². The van der Waals surface area contributed by atoms with Crippen LogP contribution in [0.2, 0.25) is 0 Å². The van der Waals surface area contributed by atoms with Gasteiger partial charge in [0.1, 0.15) is 17.9 Å². The van der Waals surface area contributed by atoms with Crippen molar-refractivity contribution < 1.29 is 23.8 Å². The quantitative estimate of drug-likeness (QED) is 0.359. The number of aromatic nitrogens is 1. The van der Waals surface area contributed by atoms with Gasteiger partial charge in [0.05, 0.1) is 6.61 Å². The lowest BCUT2D eigenvalue weighted by Crippen LogP contribution is -2.16. The zero-order valence-corrected chi connectivity index (χ0v) is 18.1. The summed E-state index contributed by atoms with van der Waals surface area (Å²) in [7, 11) is 1.64. The number of ether oxygens (including phenoxy) is 3. The first kappa shape index (κ1) is 22.3. The number of esters is 1. The van der Waals surface area contributed by atoms with E-state index in [0.717, 1.165) is 17.0 Å². The van der Waals surface area contributed by atoms with Gasteiger partial charge >= 0.3 is 5.97 Å². The van der Waals surface area contributed by atoms with Crippen LogP contribution in [-0.4, -0.2) is 36.6 Å².